The van der Waals surface area contributed by atoms with Crippen LogP contribution in [0.2, 0.25) is 0 Å². The molecule has 0 atom stereocenters. The lowest BCUT2D eigenvalue weighted by molar-refractivity contribution is -0.345. The summed E-state index contributed by atoms with van der Waals surface area (Å²) in [7, 11) is 0. The summed E-state index contributed by atoms with van der Waals surface area (Å²) >= 11 is 0.806. The van der Waals surface area contributed by atoms with Gasteiger partial charge in [0.15, 0.2) is 0 Å². The van der Waals surface area contributed by atoms with Gasteiger partial charge in [0.2, 0.25) is 0 Å². The minimum Gasteiger partial charge on any atom is -0.365 e. The normalized spacial score (nSPS) is 12.8. The van der Waals surface area contributed by atoms with E-state index in [1.165, 1.54) is 27.7 Å². The van der Waals surface area contributed by atoms with Gasteiger partial charge in [-0.1, -0.05) is 0 Å². The van der Waals surface area contributed by atoms with Gasteiger partial charge in [-0.15, -0.1) is 22.7 Å². The Bertz CT molecular complexity index is 1240. The quantitative estimate of drug-likeness (QED) is 0.320. The maximum absolute atomic E-state index is 14.4. The van der Waals surface area contributed by atoms with Crippen LogP contribution in [0.1, 0.15) is 41.6 Å². The number of rotatable bonds is 9. The zero-order chi connectivity index (χ0) is 29.8. The predicted octanol–water partition coefficient (Wildman–Crippen LogP) is 4.36. The van der Waals surface area contributed by atoms with E-state index >= 15 is 0 Å². The van der Waals surface area contributed by atoms with Crippen molar-refractivity contribution in [1.82, 2.24) is 0 Å². The highest BCUT2D eigenvalue weighted by molar-refractivity contribution is 7.17. The molecule has 0 radical (unpaired) electrons. The lowest BCUT2D eigenvalue weighted by atomic mass is 9.97. The number of amides is 4. The predicted molar refractivity (Wildman–Crippen MR) is 122 cm³/mol. The van der Waals surface area contributed by atoms with Crippen LogP contribution in [0.4, 0.5) is 45.1 Å². The second kappa shape index (κ2) is 9.79. The Morgan fingerprint density at radius 2 is 0.868 bits per heavy atom. The smallest absolute Gasteiger partial charge is 0.365 e. The number of alkyl halides is 8. The molecule has 8 nitrogen and oxygen atoms in total. The van der Waals surface area contributed by atoms with Gasteiger partial charge in [0, 0.05) is 9.75 Å². The van der Waals surface area contributed by atoms with Crippen LogP contribution in [-0.4, -0.2) is 47.3 Å². The molecule has 210 valence electrons. The number of nitrogens with one attached hydrogen (secondary N) is 2. The van der Waals surface area contributed by atoms with Crippen molar-refractivity contribution in [3.8, 4) is 0 Å². The number of hydrogen-bond acceptors (Lipinski definition) is 6. The Hall–Kier alpha value is -3.28. The maximum Gasteiger partial charge on any atom is 0.393 e. The van der Waals surface area contributed by atoms with E-state index in [9.17, 15) is 54.3 Å². The third-order valence-electron chi connectivity index (χ3n) is 5.47. The molecule has 0 fully saturated rings. The fraction of sp³-hybridized carbons (Fsp3) is 0.400. The summed E-state index contributed by atoms with van der Waals surface area (Å²) in [6, 6.07) is 0. The summed E-state index contributed by atoms with van der Waals surface area (Å²) in [6.45, 7) is 5.15. The van der Waals surface area contributed by atoms with E-state index in [0.717, 1.165) is 10.6 Å². The summed E-state index contributed by atoms with van der Waals surface area (Å²) in [6.07, 6.45) is 0. The van der Waals surface area contributed by atoms with E-state index < -0.39 is 68.4 Å². The summed E-state index contributed by atoms with van der Waals surface area (Å²) in [5, 5.41) is 0.650. The average Bonchev–Trinajstić information content (AvgIpc) is 3.21. The largest absolute Gasteiger partial charge is 0.393 e. The molecule has 0 saturated heterocycles. The van der Waals surface area contributed by atoms with E-state index in [0.29, 0.717) is 22.7 Å². The number of halogens is 8. The van der Waals surface area contributed by atoms with Gasteiger partial charge in [0.25, 0.3) is 11.8 Å². The molecule has 0 unspecified atom stereocenters. The van der Waals surface area contributed by atoms with Crippen LogP contribution in [0.5, 0.6) is 0 Å². The Labute approximate surface area is 216 Å². The number of nitrogens with two attached hydrogens (primary N) is 2. The molecular formula is C20H18F8N4O4S2. The third-order valence-corrected chi connectivity index (χ3v) is 7.72. The van der Waals surface area contributed by atoms with Gasteiger partial charge in [0.1, 0.15) is 10.0 Å². The van der Waals surface area contributed by atoms with Crippen LogP contribution in [0.25, 0.3) is 0 Å². The molecule has 2 heterocycles. The highest BCUT2D eigenvalue weighted by Crippen LogP contribution is 2.53. The van der Waals surface area contributed by atoms with Gasteiger partial charge in [-0.25, -0.2) is 0 Å². The third kappa shape index (κ3) is 4.70. The first kappa shape index (κ1) is 30.9. The van der Waals surface area contributed by atoms with Crippen molar-refractivity contribution in [3.05, 3.63) is 32.0 Å². The number of anilines is 2. The molecule has 0 spiro atoms. The van der Waals surface area contributed by atoms with E-state index in [2.05, 4.69) is 0 Å². The number of primary amides is 2. The first-order valence-corrected chi connectivity index (χ1v) is 11.6. The van der Waals surface area contributed by atoms with Crippen molar-refractivity contribution in [1.29, 1.82) is 0 Å². The summed E-state index contributed by atoms with van der Waals surface area (Å²) in [5.74, 6) is -36.4. The summed E-state index contributed by atoms with van der Waals surface area (Å²) < 4.78 is 115. The Balaban J connectivity index is 2.45. The van der Waals surface area contributed by atoms with Crippen LogP contribution in [0.3, 0.4) is 0 Å². The van der Waals surface area contributed by atoms with Crippen molar-refractivity contribution in [3.63, 3.8) is 0 Å². The fourth-order valence-corrected chi connectivity index (χ4v) is 5.19. The van der Waals surface area contributed by atoms with E-state index in [1.54, 1.807) is 0 Å². The maximum atomic E-state index is 14.4. The van der Waals surface area contributed by atoms with Crippen LogP contribution in [0.15, 0.2) is 0 Å². The zero-order valence-electron chi connectivity index (χ0n) is 19.6. The SMILES string of the molecule is Cc1sc(NC(=O)C(F)(F)C(F)(F)C(F)(F)C(F)(F)C(=O)Nc2sc(C)c(C)c2C(N)=O)c(C(N)=O)c1C. The molecule has 0 aliphatic carbocycles. The minimum atomic E-state index is -7.16. The van der Waals surface area contributed by atoms with Crippen LogP contribution in [0, 0.1) is 27.7 Å². The van der Waals surface area contributed by atoms with Gasteiger partial charge < -0.3 is 22.1 Å². The molecule has 2 aromatic heterocycles. The number of thiophene rings is 2. The van der Waals surface area contributed by atoms with Gasteiger partial charge >= 0.3 is 35.5 Å². The van der Waals surface area contributed by atoms with Crippen LogP contribution < -0.4 is 22.1 Å². The van der Waals surface area contributed by atoms with Crippen LogP contribution in [-0.2, 0) is 9.59 Å². The van der Waals surface area contributed by atoms with Gasteiger partial charge in [-0.05, 0) is 38.8 Å². The second-order valence-electron chi connectivity index (χ2n) is 7.91. The van der Waals surface area contributed by atoms with Gasteiger partial charge in [-0.2, -0.15) is 35.1 Å². The number of carbonyl (C=O) groups excluding carboxylic acids is 4. The van der Waals surface area contributed by atoms with E-state index in [4.69, 9.17) is 11.5 Å². The molecule has 0 bridgehead atoms. The minimum absolute atomic E-state index is 0.0517. The molecule has 38 heavy (non-hydrogen) atoms. The van der Waals surface area contributed by atoms with Crippen molar-refractivity contribution >= 4 is 56.3 Å². The first-order valence-electron chi connectivity index (χ1n) is 9.97. The van der Waals surface area contributed by atoms with Crippen molar-refractivity contribution in [2.24, 2.45) is 11.5 Å². The summed E-state index contributed by atoms with van der Waals surface area (Å²) in [5.41, 5.74) is 9.02. The molecule has 4 amide bonds. The number of carbonyl (C=O) groups is 4. The van der Waals surface area contributed by atoms with Crippen LogP contribution >= 0.6 is 22.7 Å². The molecular weight excluding hydrogens is 576 g/mol. The van der Waals surface area contributed by atoms with Crippen molar-refractivity contribution in [2.75, 3.05) is 10.6 Å². The lowest BCUT2D eigenvalue weighted by Crippen LogP contribution is -2.67. The highest BCUT2D eigenvalue weighted by atomic mass is 32.1. The van der Waals surface area contributed by atoms with Gasteiger partial charge in [-0.3, -0.25) is 19.2 Å². The standard InChI is InChI=1S/C20H18F8N4O4S2/c1-5-7(3)37-13(9(5)11(29)33)31-15(35)17(21,22)19(25,26)20(27,28)18(23,24)16(36)32-14-10(12(30)34)6(2)8(4)38-14/h1-4H3,(H2,29,33)(H2,30,34)(H,31,35)(H,32,36). The molecule has 0 aromatic carbocycles. The molecule has 0 aliphatic rings. The number of hydrogen-bond donors (Lipinski definition) is 4. The van der Waals surface area contributed by atoms with Crippen molar-refractivity contribution in [2.45, 2.75) is 51.4 Å². The van der Waals surface area contributed by atoms with E-state index in [1.807, 2.05) is 0 Å². The molecule has 18 heteroatoms. The lowest BCUT2D eigenvalue weighted by Gasteiger charge is -2.35. The molecule has 0 aliphatic heterocycles. The molecule has 0 saturated carbocycles. The fourth-order valence-electron chi connectivity index (χ4n) is 3.07. The molecule has 2 rings (SSSR count). The summed E-state index contributed by atoms with van der Waals surface area (Å²) in [4.78, 5) is 47.4. The number of aryl methyl sites for hydroxylation is 2. The second-order valence-corrected chi connectivity index (χ2v) is 10.4. The monoisotopic (exact) mass is 594 g/mol. The van der Waals surface area contributed by atoms with Crippen molar-refractivity contribution < 1.29 is 54.3 Å². The Morgan fingerprint density at radius 1 is 0.605 bits per heavy atom. The molecule has 6 N–H and O–H groups in total. The zero-order valence-corrected chi connectivity index (χ0v) is 21.3. The average molecular weight is 595 g/mol. The Kier molecular flexibility index (Phi) is 7.97. The Morgan fingerprint density at radius 3 is 1.11 bits per heavy atom. The van der Waals surface area contributed by atoms with Gasteiger partial charge in [0.05, 0.1) is 11.1 Å². The topological polar surface area (TPSA) is 144 Å². The first-order chi connectivity index (χ1) is 17.0. The molecule has 2 aromatic rings. The highest BCUT2D eigenvalue weighted by Gasteiger charge is 2.84. The van der Waals surface area contributed by atoms with E-state index in [-0.39, 0.29) is 20.9 Å².